The molecule has 0 saturated carbocycles. The fourth-order valence-electron chi connectivity index (χ4n) is 4.18. The molecule has 5 aromatic rings. The number of benzene rings is 3. The maximum absolute atomic E-state index is 13.9. The van der Waals surface area contributed by atoms with Gasteiger partial charge in [0.25, 0.3) is 10.0 Å². The van der Waals surface area contributed by atoms with Gasteiger partial charge in [0.15, 0.2) is 5.13 Å². The Morgan fingerprint density at radius 1 is 1.00 bits per heavy atom. The normalized spacial score (nSPS) is 11.2. The summed E-state index contributed by atoms with van der Waals surface area (Å²) in [6.07, 6.45) is 3.03. The third-order valence-corrected chi connectivity index (χ3v) is 8.69. The molecule has 2 heterocycles. The summed E-state index contributed by atoms with van der Waals surface area (Å²) in [7, 11) is -0.873. The van der Waals surface area contributed by atoms with E-state index in [4.69, 9.17) is 9.47 Å². The van der Waals surface area contributed by atoms with Gasteiger partial charge in [-0.3, -0.25) is 4.98 Å². The lowest BCUT2D eigenvalue weighted by molar-refractivity contribution is 0.414. The minimum atomic E-state index is -4.02. The molecule has 5 rings (SSSR count). The van der Waals surface area contributed by atoms with Crippen molar-refractivity contribution in [3.05, 3.63) is 95.6 Å². The highest BCUT2D eigenvalue weighted by Crippen LogP contribution is 2.38. The number of hydrogen-bond acceptors (Lipinski definition) is 8. The lowest BCUT2D eigenvalue weighted by Crippen LogP contribution is -2.30. The average molecular weight is 543 g/mol. The van der Waals surface area contributed by atoms with Crippen LogP contribution in [0.25, 0.3) is 22.0 Å². The summed E-state index contributed by atoms with van der Waals surface area (Å²) in [6, 6.07) is 21.5. The standard InChI is InChI=1S/C28H22N4O4S2/c1-35-21-9-7-19(8-10-21)18-32(28-30-13-14-37-28)38(33,34)22-11-12-23-25(15-22)31-17-20(16-29)27(23)24-5-3-4-6-26(24)36-2/h3-15,17H,18H2,1-2H3. The molecular weight excluding hydrogens is 520 g/mol. The molecule has 10 heteroatoms. The first-order valence-electron chi connectivity index (χ1n) is 11.5. The molecule has 0 spiro atoms. The molecule has 0 radical (unpaired) electrons. The number of pyridine rings is 1. The smallest absolute Gasteiger partial charge is 0.266 e. The number of nitriles is 1. The van der Waals surface area contributed by atoms with Crippen LogP contribution in [-0.4, -0.2) is 32.6 Å². The first kappa shape index (κ1) is 25.2. The third kappa shape index (κ3) is 4.65. The number of anilines is 1. The molecule has 0 bridgehead atoms. The zero-order chi connectivity index (χ0) is 26.7. The van der Waals surface area contributed by atoms with Crippen LogP contribution in [0.1, 0.15) is 11.1 Å². The second-order valence-corrected chi connectivity index (χ2v) is 10.9. The molecule has 8 nitrogen and oxygen atoms in total. The largest absolute Gasteiger partial charge is 0.497 e. The van der Waals surface area contributed by atoms with Gasteiger partial charge >= 0.3 is 0 Å². The Hall–Kier alpha value is -4.46. The Bertz CT molecular complexity index is 1750. The molecule has 3 aromatic carbocycles. The molecule has 0 amide bonds. The molecule has 0 saturated heterocycles. The monoisotopic (exact) mass is 542 g/mol. The van der Waals surface area contributed by atoms with Gasteiger partial charge in [0, 0.05) is 34.3 Å². The fraction of sp³-hybridized carbons (Fsp3) is 0.107. The van der Waals surface area contributed by atoms with Crippen LogP contribution in [0, 0.1) is 11.3 Å². The van der Waals surface area contributed by atoms with Gasteiger partial charge in [-0.2, -0.15) is 5.26 Å². The van der Waals surface area contributed by atoms with Gasteiger partial charge in [0.05, 0.1) is 36.7 Å². The molecule has 0 unspecified atom stereocenters. The highest BCUT2D eigenvalue weighted by atomic mass is 32.2. The fourth-order valence-corrected chi connectivity index (χ4v) is 6.48. The third-order valence-electron chi connectivity index (χ3n) is 6.04. The highest BCUT2D eigenvalue weighted by molar-refractivity contribution is 7.93. The van der Waals surface area contributed by atoms with Gasteiger partial charge in [-0.05, 0) is 35.9 Å². The summed E-state index contributed by atoms with van der Waals surface area (Å²) in [6.45, 7) is 0.0884. The van der Waals surface area contributed by atoms with Crippen molar-refractivity contribution in [2.24, 2.45) is 0 Å². The summed E-state index contributed by atoms with van der Waals surface area (Å²) < 4.78 is 39.9. The van der Waals surface area contributed by atoms with Gasteiger partial charge in [-0.1, -0.05) is 36.4 Å². The first-order valence-corrected chi connectivity index (χ1v) is 13.8. The Balaban J connectivity index is 1.62. The number of methoxy groups -OCH3 is 2. The number of para-hydroxylation sites is 1. The molecule has 0 N–H and O–H groups in total. The highest BCUT2D eigenvalue weighted by Gasteiger charge is 2.28. The summed E-state index contributed by atoms with van der Waals surface area (Å²) in [5.74, 6) is 1.28. The lowest BCUT2D eigenvalue weighted by Gasteiger charge is -2.22. The number of hydrogen-bond donors (Lipinski definition) is 0. The predicted molar refractivity (Wildman–Crippen MR) is 147 cm³/mol. The van der Waals surface area contributed by atoms with Crippen molar-refractivity contribution in [3.63, 3.8) is 0 Å². The van der Waals surface area contributed by atoms with Crippen molar-refractivity contribution < 1.29 is 17.9 Å². The van der Waals surface area contributed by atoms with Crippen molar-refractivity contribution in [3.8, 4) is 28.7 Å². The van der Waals surface area contributed by atoms with Crippen LogP contribution in [0.2, 0.25) is 0 Å². The van der Waals surface area contributed by atoms with Crippen LogP contribution in [0.3, 0.4) is 0 Å². The van der Waals surface area contributed by atoms with Crippen molar-refractivity contribution in [1.29, 1.82) is 5.26 Å². The zero-order valence-electron chi connectivity index (χ0n) is 20.5. The Labute approximate surface area is 224 Å². The number of sulfonamides is 1. The van der Waals surface area contributed by atoms with Crippen LogP contribution in [0.5, 0.6) is 11.5 Å². The molecule has 0 fully saturated rings. The summed E-state index contributed by atoms with van der Waals surface area (Å²) >= 11 is 1.24. The zero-order valence-corrected chi connectivity index (χ0v) is 22.2. The Morgan fingerprint density at radius 3 is 2.47 bits per heavy atom. The van der Waals surface area contributed by atoms with Gasteiger partial charge in [0.2, 0.25) is 0 Å². The van der Waals surface area contributed by atoms with Gasteiger partial charge in [-0.15, -0.1) is 11.3 Å². The number of fused-ring (bicyclic) bond motifs is 1. The average Bonchev–Trinajstić information content (AvgIpc) is 3.49. The van der Waals surface area contributed by atoms with E-state index in [9.17, 15) is 13.7 Å². The number of aromatic nitrogens is 2. The van der Waals surface area contributed by atoms with E-state index < -0.39 is 10.0 Å². The van der Waals surface area contributed by atoms with E-state index in [1.165, 1.54) is 34.0 Å². The molecule has 0 aliphatic heterocycles. The van der Waals surface area contributed by atoms with Crippen molar-refractivity contribution >= 4 is 37.4 Å². The van der Waals surface area contributed by atoms with E-state index in [0.717, 1.165) is 11.1 Å². The van der Waals surface area contributed by atoms with Crippen molar-refractivity contribution in [2.45, 2.75) is 11.4 Å². The van der Waals surface area contributed by atoms with Crippen LogP contribution in [0.4, 0.5) is 5.13 Å². The van der Waals surface area contributed by atoms with Crippen LogP contribution in [-0.2, 0) is 16.6 Å². The molecular formula is C28H22N4O4S2. The first-order chi connectivity index (χ1) is 18.5. The summed E-state index contributed by atoms with van der Waals surface area (Å²) in [5.41, 5.74) is 2.93. The van der Waals surface area contributed by atoms with E-state index in [2.05, 4.69) is 16.0 Å². The number of ether oxygens (including phenoxy) is 2. The molecule has 0 aliphatic rings. The molecule has 2 aromatic heterocycles. The second-order valence-electron chi connectivity index (χ2n) is 8.21. The van der Waals surface area contributed by atoms with E-state index in [1.807, 2.05) is 36.4 Å². The van der Waals surface area contributed by atoms with Gasteiger partial charge in [0.1, 0.15) is 17.6 Å². The Kier molecular flexibility index (Phi) is 6.96. The predicted octanol–water partition coefficient (Wildman–Crippen LogP) is 5.64. The van der Waals surface area contributed by atoms with Crippen LogP contribution in [0.15, 0.2) is 89.4 Å². The number of thiazole rings is 1. The topological polar surface area (TPSA) is 105 Å². The van der Waals surface area contributed by atoms with E-state index >= 15 is 0 Å². The lowest BCUT2D eigenvalue weighted by atomic mass is 9.96. The van der Waals surface area contributed by atoms with Crippen LogP contribution >= 0.6 is 11.3 Å². The van der Waals surface area contributed by atoms with E-state index in [1.54, 1.807) is 44.0 Å². The van der Waals surface area contributed by atoms with E-state index in [-0.39, 0.29) is 11.4 Å². The second kappa shape index (κ2) is 10.5. The summed E-state index contributed by atoms with van der Waals surface area (Å²) in [4.78, 5) is 8.76. The minimum Gasteiger partial charge on any atom is -0.497 e. The van der Waals surface area contributed by atoms with Crippen molar-refractivity contribution in [1.82, 2.24) is 9.97 Å². The number of nitrogens with zero attached hydrogens (tertiary/aromatic N) is 4. The maximum Gasteiger partial charge on any atom is 0.266 e. The maximum atomic E-state index is 13.9. The van der Waals surface area contributed by atoms with E-state index in [0.29, 0.717) is 38.7 Å². The van der Waals surface area contributed by atoms with Gasteiger partial charge in [-0.25, -0.2) is 17.7 Å². The van der Waals surface area contributed by atoms with Crippen LogP contribution < -0.4 is 13.8 Å². The molecule has 190 valence electrons. The SMILES string of the molecule is COc1ccc(CN(c2nccs2)S(=O)(=O)c2ccc3c(-c4ccccc4OC)c(C#N)cnc3c2)cc1. The molecule has 38 heavy (non-hydrogen) atoms. The van der Waals surface area contributed by atoms with Gasteiger partial charge < -0.3 is 9.47 Å². The molecule has 0 atom stereocenters. The quantitative estimate of drug-likeness (QED) is 0.250. The Morgan fingerprint density at radius 2 is 1.79 bits per heavy atom. The molecule has 0 aliphatic carbocycles. The van der Waals surface area contributed by atoms with Crippen molar-refractivity contribution in [2.75, 3.05) is 18.5 Å². The minimum absolute atomic E-state index is 0.0666. The number of rotatable bonds is 8. The summed E-state index contributed by atoms with van der Waals surface area (Å²) in [5, 5.41) is 12.5.